The molecule has 1 aromatic heterocycles. The number of hydrogen-bond donors (Lipinski definition) is 2. The summed E-state index contributed by atoms with van der Waals surface area (Å²) in [5, 5.41) is 9.19. The lowest BCUT2D eigenvalue weighted by molar-refractivity contribution is -0.120. The smallest absolute Gasteiger partial charge is 0.229 e. The van der Waals surface area contributed by atoms with Gasteiger partial charge in [0.2, 0.25) is 5.91 Å². The first-order chi connectivity index (χ1) is 11.3. The summed E-state index contributed by atoms with van der Waals surface area (Å²) in [4.78, 5) is 18.9. The Balaban J connectivity index is 1.65. The number of para-hydroxylation sites is 1. The maximum absolute atomic E-state index is 12.5. The normalized spacial score (nSPS) is 17.8. The number of amides is 1. The molecule has 1 fully saturated rings. The minimum absolute atomic E-state index is 0.00824. The average molecular weight is 328 g/mol. The molecule has 1 saturated heterocycles. The molecule has 23 heavy (non-hydrogen) atoms. The molecule has 120 valence electrons. The van der Waals surface area contributed by atoms with E-state index in [1.807, 2.05) is 18.2 Å². The van der Waals surface area contributed by atoms with Crippen LogP contribution in [0.4, 0.5) is 11.4 Å². The van der Waals surface area contributed by atoms with Crippen molar-refractivity contribution in [3.63, 3.8) is 0 Å². The summed E-state index contributed by atoms with van der Waals surface area (Å²) in [5.41, 5.74) is 1.92. The van der Waals surface area contributed by atoms with Crippen LogP contribution in [-0.2, 0) is 4.79 Å². The number of carbonyl (C=O) groups excluding carboxylic acids is 1. The molecule has 1 aromatic carbocycles. The maximum atomic E-state index is 12.5. The molecule has 2 aromatic rings. The van der Waals surface area contributed by atoms with Gasteiger partial charge in [0.1, 0.15) is 5.03 Å². The second-order valence-corrected chi connectivity index (χ2v) is 6.26. The minimum Gasteiger partial charge on any atom is -0.371 e. The number of nitrogens with zero attached hydrogens (tertiary/aromatic N) is 2. The van der Waals surface area contributed by atoms with Crippen LogP contribution in [0, 0.1) is 5.92 Å². The van der Waals surface area contributed by atoms with Crippen molar-refractivity contribution in [3.05, 3.63) is 48.7 Å². The zero-order valence-electron chi connectivity index (χ0n) is 12.8. The molecule has 0 radical (unpaired) electrons. The first-order valence-corrected chi connectivity index (χ1v) is 8.58. The Morgan fingerprint density at radius 3 is 2.91 bits per heavy atom. The quantitative estimate of drug-likeness (QED) is 0.845. The van der Waals surface area contributed by atoms with Crippen LogP contribution in [0.15, 0.2) is 53.7 Å². The summed E-state index contributed by atoms with van der Waals surface area (Å²) in [6.07, 6.45) is 3.59. The number of piperidine rings is 1. The van der Waals surface area contributed by atoms with Crippen LogP contribution in [0.3, 0.4) is 0 Å². The lowest BCUT2D eigenvalue weighted by Gasteiger charge is -2.33. The zero-order valence-corrected chi connectivity index (χ0v) is 13.6. The van der Waals surface area contributed by atoms with Crippen LogP contribution in [0.5, 0.6) is 0 Å². The summed E-state index contributed by atoms with van der Waals surface area (Å²) in [5.74, 6) is 0.0518. The molecule has 0 spiro atoms. The number of anilines is 2. The van der Waals surface area contributed by atoms with Crippen molar-refractivity contribution >= 4 is 29.2 Å². The monoisotopic (exact) mass is 328 g/mol. The SMILES string of the molecule is NSc1cc(NC(=O)C2CCCN(c3ccccc3)C2)ccn1. The van der Waals surface area contributed by atoms with Gasteiger partial charge in [0.25, 0.3) is 0 Å². The van der Waals surface area contributed by atoms with Crippen LogP contribution >= 0.6 is 11.9 Å². The van der Waals surface area contributed by atoms with Gasteiger partial charge in [-0.15, -0.1) is 0 Å². The van der Waals surface area contributed by atoms with Crippen molar-refractivity contribution in [1.29, 1.82) is 0 Å². The fraction of sp³-hybridized carbons (Fsp3) is 0.294. The number of nitrogens with one attached hydrogen (secondary N) is 1. The van der Waals surface area contributed by atoms with Gasteiger partial charge in [-0.3, -0.25) is 9.93 Å². The summed E-state index contributed by atoms with van der Waals surface area (Å²) in [7, 11) is 0. The highest BCUT2D eigenvalue weighted by atomic mass is 32.2. The van der Waals surface area contributed by atoms with E-state index < -0.39 is 0 Å². The third-order valence-corrected chi connectivity index (χ3v) is 4.50. The average Bonchev–Trinajstić information content (AvgIpc) is 2.63. The lowest BCUT2D eigenvalue weighted by atomic mass is 9.96. The molecule has 6 heteroatoms. The van der Waals surface area contributed by atoms with E-state index in [9.17, 15) is 4.79 Å². The molecule has 2 heterocycles. The number of carbonyl (C=O) groups is 1. The van der Waals surface area contributed by atoms with Gasteiger partial charge < -0.3 is 10.2 Å². The maximum Gasteiger partial charge on any atom is 0.229 e. The summed E-state index contributed by atoms with van der Waals surface area (Å²) in [6, 6.07) is 13.8. The second kappa shape index (κ2) is 7.48. The van der Waals surface area contributed by atoms with E-state index in [0.29, 0.717) is 5.03 Å². The number of aromatic nitrogens is 1. The topological polar surface area (TPSA) is 71.2 Å². The number of benzene rings is 1. The van der Waals surface area contributed by atoms with Gasteiger partial charge in [-0.1, -0.05) is 18.2 Å². The first kappa shape index (κ1) is 15.8. The molecule has 1 unspecified atom stereocenters. The Bertz CT molecular complexity index is 665. The van der Waals surface area contributed by atoms with Crippen molar-refractivity contribution in [2.24, 2.45) is 11.1 Å². The molecule has 1 amide bonds. The van der Waals surface area contributed by atoms with Crippen LogP contribution in [0.25, 0.3) is 0 Å². The van der Waals surface area contributed by atoms with E-state index in [4.69, 9.17) is 5.14 Å². The van der Waals surface area contributed by atoms with Gasteiger partial charge >= 0.3 is 0 Å². The predicted molar refractivity (Wildman–Crippen MR) is 94.3 cm³/mol. The van der Waals surface area contributed by atoms with Gasteiger partial charge in [0, 0.05) is 30.7 Å². The summed E-state index contributed by atoms with van der Waals surface area (Å²) >= 11 is 1.07. The van der Waals surface area contributed by atoms with Crippen LogP contribution in [0.2, 0.25) is 0 Å². The highest BCUT2D eigenvalue weighted by Crippen LogP contribution is 2.24. The minimum atomic E-state index is -0.00824. The van der Waals surface area contributed by atoms with E-state index >= 15 is 0 Å². The molecule has 3 rings (SSSR count). The van der Waals surface area contributed by atoms with Crippen LogP contribution in [-0.4, -0.2) is 24.0 Å². The molecular weight excluding hydrogens is 308 g/mol. The van der Waals surface area contributed by atoms with Gasteiger partial charge in [0.15, 0.2) is 0 Å². The largest absolute Gasteiger partial charge is 0.371 e. The molecule has 3 N–H and O–H groups in total. The zero-order chi connectivity index (χ0) is 16.1. The molecular formula is C17H20N4OS. The standard InChI is InChI=1S/C17H20N4OS/c18-23-16-11-14(8-9-19-16)20-17(22)13-5-4-10-21(12-13)15-6-2-1-3-7-15/h1-3,6-9,11,13H,4-5,10,12,18H2,(H,19,20,22). The Hall–Kier alpha value is -2.05. The molecule has 0 saturated carbocycles. The van der Waals surface area contributed by atoms with E-state index in [-0.39, 0.29) is 11.8 Å². The van der Waals surface area contributed by atoms with Gasteiger partial charge in [-0.25, -0.2) is 4.98 Å². The predicted octanol–water partition coefficient (Wildman–Crippen LogP) is 2.90. The first-order valence-electron chi connectivity index (χ1n) is 7.70. The van der Waals surface area contributed by atoms with E-state index in [1.165, 1.54) is 5.69 Å². The van der Waals surface area contributed by atoms with Crippen molar-refractivity contribution in [2.75, 3.05) is 23.3 Å². The molecule has 5 nitrogen and oxygen atoms in total. The Morgan fingerprint density at radius 2 is 2.13 bits per heavy atom. The Labute approximate surface area is 140 Å². The number of hydrogen-bond acceptors (Lipinski definition) is 5. The van der Waals surface area contributed by atoms with E-state index in [1.54, 1.807) is 18.3 Å². The van der Waals surface area contributed by atoms with E-state index in [2.05, 4.69) is 27.3 Å². The lowest BCUT2D eigenvalue weighted by Crippen LogP contribution is -2.40. The fourth-order valence-corrected chi connectivity index (χ4v) is 3.18. The Morgan fingerprint density at radius 1 is 1.30 bits per heavy atom. The number of pyridine rings is 1. The fourth-order valence-electron chi connectivity index (χ4n) is 2.86. The number of nitrogens with two attached hydrogens (primary N) is 1. The van der Waals surface area contributed by atoms with Crippen LogP contribution in [0.1, 0.15) is 12.8 Å². The molecule has 0 bridgehead atoms. The summed E-state index contributed by atoms with van der Waals surface area (Å²) in [6.45, 7) is 1.75. The van der Waals surface area contributed by atoms with E-state index in [0.717, 1.165) is 43.6 Å². The summed E-state index contributed by atoms with van der Waals surface area (Å²) < 4.78 is 0. The van der Waals surface area contributed by atoms with Crippen molar-refractivity contribution < 1.29 is 4.79 Å². The second-order valence-electron chi connectivity index (χ2n) is 5.61. The molecule has 1 aliphatic rings. The van der Waals surface area contributed by atoms with Crippen LogP contribution < -0.4 is 15.4 Å². The Kier molecular flexibility index (Phi) is 5.15. The van der Waals surface area contributed by atoms with Gasteiger partial charge in [-0.05, 0) is 49.1 Å². The highest BCUT2D eigenvalue weighted by Gasteiger charge is 2.26. The van der Waals surface area contributed by atoms with Crippen molar-refractivity contribution in [1.82, 2.24) is 4.98 Å². The molecule has 1 atom stereocenters. The van der Waals surface area contributed by atoms with Crippen molar-refractivity contribution in [2.45, 2.75) is 17.9 Å². The third kappa shape index (κ3) is 4.03. The molecule has 1 aliphatic heterocycles. The highest BCUT2D eigenvalue weighted by molar-refractivity contribution is 7.97. The molecule has 0 aliphatic carbocycles. The van der Waals surface area contributed by atoms with Gasteiger partial charge in [0.05, 0.1) is 5.92 Å². The van der Waals surface area contributed by atoms with Crippen molar-refractivity contribution in [3.8, 4) is 0 Å². The van der Waals surface area contributed by atoms with Gasteiger partial charge in [-0.2, -0.15) is 0 Å². The third-order valence-electron chi connectivity index (χ3n) is 4.04. The number of rotatable bonds is 4.